The van der Waals surface area contributed by atoms with E-state index >= 15 is 0 Å². The minimum Gasteiger partial charge on any atom is -0.0654 e. The van der Waals surface area contributed by atoms with Gasteiger partial charge in [-0.25, -0.2) is 0 Å². The molecule has 0 rings (SSSR count). The molecule has 0 nitrogen and oxygen atoms in total. The van der Waals surface area contributed by atoms with Gasteiger partial charge in [-0.3, -0.25) is 0 Å². The van der Waals surface area contributed by atoms with Crippen LogP contribution in [0.1, 0.15) is 26.7 Å². The molecule has 0 aromatic rings. The fourth-order valence-electron chi connectivity index (χ4n) is 0. The van der Waals surface area contributed by atoms with Gasteiger partial charge in [-0.1, -0.05) is 26.7 Å². The summed E-state index contributed by atoms with van der Waals surface area (Å²) in [6.45, 7) is 4.36. The molecule has 0 N–H and O–H groups in total. The summed E-state index contributed by atoms with van der Waals surface area (Å²) in [4.78, 5) is 0. The average molecular weight is 171 g/mol. The van der Waals surface area contributed by atoms with E-state index in [9.17, 15) is 0 Å². The van der Waals surface area contributed by atoms with Crippen LogP contribution in [0.15, 0.2) is 0 Å². The van der Waals surface area contributed by atoms with Gasteiger partial charge in [-0.15, -0.1) is 0 Å². The summed E-state index contributed by atoms with van der Waals surface area (Å²) in [6, 6.07) is 0. The summed E-state index contributed by atoms with van der Waals surface area (Å²) in [5.41, 5.74) is 0. The molecule has 0 saturated carbocycles. The maximum atomic E-state index is 2.18. The number of hydrogen-bond donors (Lipinski definition) is 0. The fourth-order valence-corrected chi connectivity index (χ4v) is 0. The van der Waals surface area contributed by atoms with E-state index in [-0.39, 0.29) is 27.3 Å². The Bertz CT molecular complexity index is 5.61. The van der Waals surface area contributed by atoms with Crippen molar-refractivity contribution < 1.29 is 27.3 Å². The SMILES string of the molecule is CCCC.[Cd]. The average Bonchev–Trinajstić information content (AvgIpc) is 1.37. The van der Waals surface area contributed by atoms with Crippen LogP contribution in [-0.4, -0.2) is 0 Å². The second-order valence-corrected chi connectivity index (χ2v) is 1.000. The smallest absolute Gasteiger partial charge is 0 e. The third kappa shape index (κ3) is 11.4. The Morgan fingerprint density at radius 1 is 1.00 bits per heavy atom. The normalized spacial score (nSPS) is 6.00. The van der Waals surface area contributed by atoms with Crippen LogP contribution >= 0.6 is 0 Å². The quantitative estimate of drug-likeness (QED) is 0.527. The van der Waals surface area contributed by atoms with E-state index < -0.39 is 0 Å². The van der Waals surface area contributed by atoms with Crippen molar-refractivity contribution in [3.63, 3.8) is 0 Å². The molecule has 1 heteroatoms. The Morgan fingerprint density at radius 2 is 1.20 bits per heavy atom. The van der Waals surface area contributed by atoms with Crippen molar-refractivity contribution in [2.75, 3.05) is 0 Å². The van der Waals surface area contributed by atoms with Crippen LogP contribution in [0.25, 0.3) is 0 Å². The molecule has 0 amide bonds. The Morgan fingerprint density at radius 3 is 1.20 bits per heavy atom. The van der Waals surface area contributed by atoms with Crippen molar-refractivity contribution in [1.29, 1.82) is 0 Å². The fraction of sp³-hybridized carbons (Fsp3) is 1.00. The van der Waals surface area contributed by atoms with Crippen LogP contribution in [-0.2, 0) is 27.3 Å². The van der Waals surface area contributed by atoms with Crippen LogP contribution in [0.5, 0.6) is 0 Å². The minimum absolute atomic E-state index is 0. The molecule has 0 aromatic heterocycles. The van der Waals surface area contributed by atoms with Crippen molar-refractivity contribution in [3.8, 4) is 0 Å². The van der Waals surface area contributed by atoms with E-state index in [0.717, 1.165) is 0 Å². The summed E-state index contributed by atoms with van der Waals surface area (Å²) < 4.78 is 0. The van der Waals surface area contributed by atoms with Crippen LogP contribution < -0.4 is 0 Å². The van der Waals surface area contributed by atoms with Gasteiger partial charge in [0.1, 0.15) is 0 Å². The molecule has 0 radical (unpaired) electrons. The third-order valence-electron chi connectivity index (χ3n) is 0.500. The summed E-state index contributed by atoms with van der Waals surface area (Å²) in [5, 5.41) is 0. The Kier molecular flexibility index (Phi) is 16.5. The zero-order valence-corrected chi connectivity index (χ0v) is 8.16. The zero-order chi connectivity index (χ0) is 3.41. The van der Waals surface area contributed by atoms with Crippen LogP contribution in [0.2, 0.25) is 0 Å². The summed E-state index contributed by atoms with van der Waals surface area (Å²) in [7, 11) is 0. The first-order valence-electron chi connectivity index (χ1n) is 1.91. The van der Waals surface area contributed by atoms with Gasteiger partial charge < -0.3 is 0 Å². The van der Waals surface area contributed by atoms with Crippen molar-refractivity contribution in [2.45, 2.75) is 26.7 Å². The second-order valence-electron chi connectivity index (χ2n) is 1.000. The van der Waals surface area contributed by atoms with E-state index in [1.165, 1.54) is 12.8 Å². The maximum absolute atomic E-state index is 2.18. The van der Waals surface area contributed by atoms with Gasteiger partial charge >= 0.3 is 0 Å². The van der Waals surface area contributed by atoms with E-state index in [0.29, 0.717) is 0 Å². The van der Waals surface area contributed by atoms with Crippen LogP contribution in [0.3, 0.4) is 0 Å². The Balaban J connectivity index is 0. The molecule has 5 heavy (non-hydrogen) atoms. The van der Waals surface area contributed by atoms with Gasteiger partial charge in [-0.2, -0.15) is 0 Å². The number of hydrogen-bond acceptors (Lipinski definition) is 0. The molecule has 0 aliphatic heterocycles. The largest absolute Gasteiger partial charge is 0.0654 e. The number of unbranched alkanes of at least 4 members (excludes halogenated alkanes) is 1. The summed E-state index contributed by atoms with van der Waals surface area (Å²) in [5.74, 6) is 0. The zero-order valence-electron chi connectivity index (χ0n) is 4.12. The molecule has 0 aliphatic carbocycles. The monoisotopic (exact) mass is 172 g/mol. The molecule has 0 unspecified atom stereocenters. The van der Waals surface area contributed by atoms with E-state index in [1.807, 2.05) is 0 Å². The molecular formula is C4H10Cd. The first-order valence-corrected chi connectivity index (χ1v) is 1.91. The first-order chi connectivity index (χ1) is 1.91. The predicted molar refractivity (Wildman–Crippen MR) is 20.6 cm³/mol. The minimum atomic E-state index is 0. The van der Waals surface area contributed by atoms with E-state index in [2.05, 4.69) is 13.8 Å². The van der Waals surface area contributed by atoms with Gasteiger partial charge in [0.25, 0.3) is 0 Å². The van der Waals surface area contributed by atoms with Crippen LogP contribution in [0, 0.1) is 0 Å². The topological polar surface area (TPSA) is 0 Å². The van der Waals surface area contributed by atoms with E-state index in [4.69, 9.17) is 0 Å². The van der Waals surface area contributed by atoms with Gasteiger partial charge in [0, 0.05) is 27.3 Å². The standard InChI is InChI=1S/C4H10.Cd/c1-3-4-2;/h3-4H2,1-2H3;. The molecular weight excluding hydrogens is 160 g/mol. The predicted octanol–water partition coefficient (Wildman–Crippen LogP) is 1.80. The second kappa shape index (κ2) is 8.87. The molecule has 0 spiro atoms. The molecule has 0 saturated heterocycles. The molecule has 0 fully saturated rings. The molecule has 0 bridgehead atoms. The van der Waals surface area contributed by atoms with Gasteiger partial charge in [0.05, 0.1) is 0 Å². The summed E-state index contributed by atoms with van der Waals surface area (Å²) in [6.07, 6.45) is 2.64. The molecule has 0 aliphatic rings. The Hall–Kier alpha value is 0.922. The van der Waals surface area contributed by atoms with Gasteiger partial charge in [-0.05, 0) is 0 Å². The molecule has 0 heterocycles. The van der Waals surface area contributed by atoms with Crippen molar-refractivity contribution in [1.82, 2.24) is 0 Å². The Labute approximate surface area is 54.1 Å². The van der Waals surface area contributed by atoms with Crippen molar-refractivity contribution in [2.24, 2.45) is 0 Å². The maximum Gasteiger partial charge on any atom is 0 e. The molecule has 28 valence electrons. The van der Waals surface area contributed by atoms with Crippen LogP contribution in [0.4, 0.5) is 0 Å². The first kappa shape index (κ1) is 9.33. The van der Waals surface area contributed by atoms with Gasteiger partial charge in [0.2, 0.25) is 0 Å². The number of rotatable bonds is 1. The van der Waals surface area contributed by atoms with Gasteiger partial charge in [0.15, 0.2) is 0 Å². The van der Waals surface area contributed by atoms with E-state index in [1.54, 1.807) is 0 Å². The molecule has 0 aromatic carbocycles. The molecule has 0 atom stereocenters. The van der Waals surface area contributed by atoms with Crippen molar-refractivity contribution in [3.05, 3.63) is 0 Å². The third-order valence-corrected chi connectivity index (χ3v) is 0.500. The summed E-state index contributed by atoms with van der Waals surface area (Å²) >= 11 is 0. The van der Waals surface area contributed by atoms with Crippen molar-refractivity contribution >= 4 is 0 Å².